The zero-order valence-electron chi connectivity index (χ0n) is 13.9. The van der Waals surface area contributed by atoms with Crippen LogP contribution < -0.4 is 5.19 Å². The first-order chi connectivity index (χ1) is 10.0. The Labute approximate surface area is 139 Å². The third-order valence-electron chi connectivity index (χ3n) is 4.05. The molecule has 2 aromatic rings. The summed E-state index contributed by atoms with van der Waals surface area (Å²) in [4.78, 5) is 0. The quantitative estimate of drug-likeness (QED) is 0.379. The summed E-state index contributed by atoms with van der Waals surface area (Å²) in [5.41, 5.74) is 4.63. The molecule has 0 bridgehead atoms. The minimum absolute atomic E-state index is 1.24. The molecular weight excluding hydrogens is 308 g/mol. The third-order valence-corrected chi connectivity index (χ3v) is 7.83. The molecule has 0 fully saturated rings. The summed E-state index contributed by atoms with van der Waals surface area (Å²) in [6.45, 7) is 9.64. The minimum atomic E-state index is -1.24. The number of hydrogen-bond acceptors (Lipinski definition) is 2. The van der Waals surface area contributed by atoms with Crippen molar-refractivity contribution >= 4 is 35.9 Å². The molecule has 3 heteroatoms. The van der Waals surface area contributed by atoms with Gasteiger partial charge in [-0.05, 0) is 56.2 Å². The van der Waals surface area contributed by atoms with Gasteiger partial charge in [-0.2, -0.15) is 22.7 Å². The highest BCUT2D eigenvalue weighted by Crippen LogP contribution is 2.31. The van der Waals surface area contributed by atoms with E-state index in [1.807, 2.05) is 22.7 Å². The van der Waals surface area contributed by atoms with Crippen molar-refractivity contribution in [3.05, 3.63) is 27.1 Å². The maximum absolute atomic E-state index is 2.45. The van der Waals surface area contributed by atoms with E-state index in [9.17, 15) is 0 Å². The molecule has 0 aromatic carbocycles. The van der Waals surface area contributed by atoms with Crippen molar-refractivity contribution in [3.63, 3.8) is 0 Å². The fourth-order valence-corrected chi connectivity index (χ4v) is 7.11. The largest absolute Gasteiger partial charge is 0.152 e. The van der Waals surface area contributed by atoms with Crippen LogP contribution in [0.4, 0.5) is 0 Å². The van der Waals surface area contributed by atoms with E-state index < -0.39 is 8.07 Å². The normalized spacial score (nSPS) is 12.0. The van der Waals surface area contributed by atoms with Crippen molar-refractivity contribution < 1.29 is 0 Å². The van der Waals surface area contributed by atoms with E-state index in [0.717, 1.165) is 0 Å². The molecular formula is C18H28S2Si. The van der Waals surface area contributed by atoms with Crippen LogP contribution >= 0.6 is 22.7 Å². The minimum Gasteiger partial charge on any atom is -0.152 e. The highest BCUT2D eigenvalue weighted by molar-refractivity contribution is 7.11. The van der Waals surface area contributed by atoms with Crippen molar-refractivity contribution in [1.82, 2.24) is 0 Å². The van der Waals surface area contributed by atoms with E-state index in [0.29, 0.717) is 0 Å². The van der Waals surface area contributed by atoms with Gasteiger partial charge in [0.25, 0.3) is 0 Å². The molecule has 2 heterocycles. The average molecular weight is 337 g/mol. The maximum Gasteiger partial charge on any atom is 0.0795 e. The Morgan fingerprint density at radius 2 is 1.48 bits per heavy atom. The second-order valence-corrected chi connectivity index (χ2v) is 13.4. The summed E-state index contributed by atoms with van der Waals surface area (Å²) in [6.07, 6.45) is 8.10. The van der Waals surface area contributed by atoms with Crippen LogP contribution in [0.15, 0.2) is 21.5 Å². The topological polar surface area (TPSA) is 0 Å². The maximum atomic E-state index is 2.45. The highest BCUT2D eigenvalue weighted by Gasteiger charge is 2.23. The lowest BCUT2D eigenvalue weighted by molar-refractivity contribution is 0.633. The Hall–Kier alpha value is -0.383. The molecule has 2 aromatic heterocycles. The van der Waals surface area contributed by atoms with Gasteiger partial charge in [-0.3, -0.25) is 0 Å². The summed E-state index contributed by atoms with van der Waals surface area (Å²) in [5, 5.41) is 11.1. The fraction of sp³-hybridized carbons (Fsp3) is 0.556. The zero-order valence-corrected chi connectivity index (χ0v) is 16.5. The van der Waals surface area contributed by atoms with Gasteiger partial charge in [0.2, 0.25) is 0 Å². The van der Waals surface area contributed by atoms with Crippen LogP contribution in [0.25, 0.3) is 11.1 Å². The molecule has 0 saturated carbocycles. The van der Waals surface area contributed by atoms with E-state index in [1.54, 1.807) is 10.8 Å². The highest BCUT2D eigenvalue weighted by atomic mass is 32.1. The Kier molecular flexibility index (Phi) is 6.27. The lowest BCUT2D eigenvalue weighted by atomic mass is 10.0. The van der Waals surface area contributed by atoms with Gasteiger partial charge in [0.05, 0.1) is 8.07 Å². The zero-order chi connectivity index (χ0) is 15.3. The van der Waals surface area contributed by atoms with Gasteiger partial charge in [-0.1, -0.05) is 52.2 Å². The molecule has 0 aliphatic carbocycles. The van der Waals surface area contributed by atoms with E-state index in [4.69, 9.17) is 0 Å². The first-order valence-corrected chi connectivity index (χ1v) is 13.5. The van der Waals surface area contributed by atoms with Gasteiger partial charge in [-0.25, -0.2) is 0 Å². The van der Waals surface area contributed by atoms with Crippen LogP contribution in [0.2, 0.25) is 19.6 Å². The van der Waals surface area contributed by atoms with Gasteiger partial charge in [0.1, 0.15) is 0 Å². The van der Waals surface area contributed by atoms with Gasteiger partial charge in [-0.15, -0.1) is 0 Å². The van der Waals surface area contributed by atoms with Gasteiger partial charge >= 0.3 is 0 Å². The second kappa shape index (κ2) is 7.75. The number of hydrogen-bond donors (Lipinski definition) is 0. The smallest absolute Gasteiger partial charge is 0.0795 e. The third kappa shape index (κ3) is 4.54. The predicted molar refractivity (Wildman–Crippen MR) is 103 cm³/mol. The Balaban J connectivity index is 2.09. The standard InChI is InChI=1S/C18H28S2Si/c1-5-6-7-8-9-10-15-11-19-12-16(15)17-13-20-14-18(17)21(2,3)4/h11-14H,5-10H2,1-4H3. The van der Waals surface area contributed by atoms with Crippen LogP contribution in [0.5, 0.6) is 0 Å². The van der Waals surface area contributed by atoms with Crippen LogP contribution in [-0.2, 0) is 6.42 Å². The summed E-state index contributed by atoms with van der Waals surface area (Å²) in [7, 11) is -1.24. The van der Waals surface area contributed by atoms with Crippen molar-refractivity contribution in [2.75, 3.05) is 0 Å². The van der Waals surface area contributed by atoms with Gasteiger partial charge in [0.15, 0.2) is 0 Å². The van der Waals surface area contributed by atoms with Crippen LogP contribution in [0.1, 0.15) is 44.6 Å². The molecule has 0 atom stereocenters. The number of thiophene rings is 2. The van der Waals surface area contributed by atoms with E-state index in [2.05, 4.69) is 48.1 Å². The molecule has 0 amide bonds. The molecule has 0 unspecified atom stereocenters. The molecule has 0 aliphatic heterocycles. The Morgan fingerprint density at radius 3 is 2.19 bits per heavy atom. The van der Waals surface area contributed by atoms with Crippen LogP contribution in [0, 0.1) is 0 Å². The van der Waals surface area contributed by atoms with E-state index in [-0.39, 0.29) is 0 Å². The number of rotatable bonds is 8. The molecule has 21 heavy (non-hydrogen) atoms. The molecule has 0 N–H and O–H groups in total. The number of aryl methyl sites for hydroxylation is 1. The fourth-order valence-electron chi connectivity index (χ4n) is 2.76. The van der Waals surface area contributed by atoms with Crippen molar-refractivity contribution in [1.29, 1.82) is 0 Å². The Bertz CT molecular complexity index is 546. The van der Waals surface area contributed by atoms with Gasteiger partial charge in [0, 0.05) is 0 Å². The molecule has 2 rings (SSSR count). The van der Waals surface area contributed by atoms with Crippen LogP contribution in [0.3, 0.4) is 0 Å². The molecule has 0 nitrogen and oxygen atoms in total. The van der Waals surface area contributed by atoms with Crippen molar-refractivity contribution in [3.8, 4) is 11.1 Å². The molecule has 116 valence electrons. The first-order valence-electron chi connectivity index (χ1n) is 8.16. The SMILES string of the molecule is CCCCCCCc1cscc1-c1cscc1[Si](C)(C)C. The van der Waals surface area contributed by atoms with Gasteiger partial charge < -0.3 is 0 Å². The lowest BCUT2D eigenvalue weighted by Crippen LogP contribution is -2.37. The van der Waals surface area contributed by atoms with Crippen LogP contribution in [-0.4, -0.2) is 8.07 Å². The summed E-state index contributed by atoms with van der Waals surface area (Å²) in [5.74, 6) is 0. The second-order valence-electron chi connectivity index (χ2n) is 6.92. The van der Waals surface area contributed by atoms with E-state index in [1.165, 1.54) is 49.7 Å². The molecule has 0 aliphatic rings. The van der Waals surface area contributed by atoms with Crippen molar-refractivity contribution in [2.24, 2.45) is 0 Å². The molecule has 0 saturated heterocycles. The lowest BCUT2D eigenvalue weighted by Gasteiger charge is -2.17. The molecule has 0 spiro atoms. The summed E-state index contributed by atoms with van der Waals surface area (Å²) in [6, 6.07) is 0. The molecule has 0 radical (unpaired) electrons. The summed E-state index contributed by atoms with van der Waals surface area (Å²) >= 11 is 3.75. The van der Waals surface area contributed by atoms with Crippen molar-refractivity contribution in [2.45, 2.75) is 65.1 Å². The monoisotopic (exact) mass is 336 g/mol. The number of unbranched alkanes of at least 4 members (excludes halogenated alkanes) is 4. The first kappa shape index (κ1) is 17.0. The Morgan fingerprint density at radius 1 is 0.810 bits per heavy atom. The average Bonchev–Trinajstić information content (AvgIpc) is 3.05. The van der Waals surface area contributed by atoms with E-state index >= 15 is 0 Å². The summed E-state index contributed by atoms with van der Waals surface area (Å²) < 4.78 is 0. The predicted octanol–water partition coefficient (Wildman–Crippen LogP) is 6.53.